The van der Waals surface area contributed by atoms with Crippen molar-refractivity contribution in [3.8, 4) is 0 Å². The average molecular weight is 332 g/mol. The monoisotopic (exact) mass is 331 g/mol. The highest BCUT2D eigenvalue weighted by Crippen LogP contribution is 2.58. The van der Waals surface area contributed by atoms with Crippen molar-refractivity contribution >= 4 is 20.4 Å². The number of nitrogens with zero attached hydrogens (tertiary/aromatic N) is 4. The minimum atomic E-state index is -3.32. The zero-order valence-corrected chi connectivity index (χ0v) is 15.5. The molecule has 0 aliphatic heterocycles. The first-order valence-electron chi connectivity index (χ1n) is 7.34. The van der Waals surface area contributed by atoms with E-state index in [-0.39, 0.29) is 12.4 Å². The SMILES string of the molecule is CCN(CC)N(N(CC)CC)[P+](O)(O)N(CC)CC.Cl. The molecule has 0 aliphatic carbocycles. The van der Waals surface area contributed by atoms with E-state index in [0.717, 1.165) is 26.2 Å². The standard InChI is InChI=1S/C12H32N4O2P.ClH/c1-7-13(8-2)16(14(9-3)10-4)19(17,18)15(11-5)12-6;/h17-18H,7-12H2,1-6H3;1H/q+1;. The summed E-state index contributed by atoms with van der Waals surface area (Å²) in [5, 5.41) is 3.97. The highest BCUT2D eigenvalue weighted by atomic mass is 35.5. The molecule has 0 aromatic rings. The van der Waals surface area contributed by atoms with E-state index in [1.807, 2.05) is 51.6 Å². The molecule has 0 radical (unpaired) electrons. The summed E-state index contributed by atoms with van der Waals surface area (Å²) in [4.78, 5) is 23.2. The topological polar surface area (TPSA) is 53.4 Å². The van der Waals surface area contributed by atoms with Crippen LogP contribution in [0.15, 0.2) is 0 Å². The minimum Gasteiger partial charge on any atom is -0.189 e. The zero-order valence-electron chi connectivity index (χ0n) is 13.8. The Morgan fingerprint density at radius 3 is 1.15 bits per heavy atom. The van der Waals surface area contributed by atoms with Gasteiger partial charge in [0.15, 0.2) is 0 Å². The normalized spacial score (nSPS) is 12.6. The van der Waals surface area contributed by atoms with Crippen LogP contribution in [0, 0.1) is 0 Å². The van der Waals surface area contributed by atoms with Crippen molar-refractivity contribution in [1.82, 2.24) is 19.6 Å². The second kappa shape index (κ2) is 11.1. The van der Waals surface area contributed by atoms with Gasteiger partial charge in [0.1, 0.15) is 0 Å². The van der Waals surface area contributed by atoms with Crippen LogP contribution in [0.2, 0.25) is 0 Å². The molecular formula is C12H33ClN4O2P+. The largest absolute Gasteiger partial charge is 0.461 e. The van der Waals surface area contributed by atoms with Crippen LogP contribution in [0.3, 0.4) is 0 Å². The van der Waals surface area contributed by atoms with Crippen LogP contribution in [0.5, 0.6) is 0 Å². The van der Waals surface area contributed by atoms with E-state index < -0.39 is 8.02 Å². The molecule has 0 amide bonds. The highest BCUT2D eigenvalue weighted by Gasteiger charge is 2.53. The molecule has 124 valence electrons. The quantitative estimate of drug-likeness (QED) is 0.473. The van der Waals surface area contributed by atoms with Crippen molar-refractivity contribution in [2.45, 2.75) is 41.5 Å². The predicted molar refractivity (Wildman–Crippen MR) is 89.2 cm³/mol. The van der Waals surface area contributed by atoms with Crippen molar-refractivity contribution < 1.29 is 9.79 Å². The molecule has 0 bridgehead atoms. The third-order valence-corrected chi connectivity index (χ3v) is 5.63. The molecule has 0 heterocycles. The lowest BCUT2D eigenvalue weighted by molar-refractivity contribution is -0.124. The Balaban J connectivity index is 0. The lowest BCUT2D eigenvalue weighted by Gasteiger charge is -2.41. The van der Waals surface area contributed by atoms with Crippen LogP contribution in [0.4, 0.5) is 0 Å². The van der Waals surface area contributed by atoms with Gasteiger partial charge in [0.25, 0.3) is 0 Å². The number of hydrazine groups is 2. The molecule has 0 saturated carbocycles. The van der Waals surface area contributed by atoms with Gasteiger partial charge in [-0.3, -0.25) is 0 Å². The number of rotatable bonds is 10. The van der Waals surface area contributed by atoms with Crippen molar-refractivity contribution in [2.75, 3.05) is 39.3 Å². The van der Waals surface area contributed by atoms with Crippen LogP contribution < -0.4 is 0 Å². The lowest BCUT2D eigenvalue weighted by atomic mass is 10.6. The van der Waals surface area contributed by atoms with E-state index in [4.69, 9.17) is 0 Å². The van der Waals surface area contributed by atoms with Gasteiger partial charge < -0.3 is 0 Å². The fraction of sp³-hybridized carbons (Fsp3) is 1.00. The van der Waals surface area contributed by atoms with Gasteiger partial charge >= 0.3 is 8.02 Å². The van der Waals surface area contributed by atoms with Crippen molar-refractivity contribution in [3.05, 3.63) is 0 Å². The van der Waals surface area contributed by atoms with E-state index in [9.17, 15) is 9.79 Å². The molecule has 0 spiro atoms. The molecule has 0 atom stereocenters. The third-order valence-electron chi connectivity index (χ3n) is 3.32. The van der Waals surface area contributed by atoms with E-state index in [1.54, 1.807) is 9.56 Å². The van der Waals surface area contributed by atoms with Gasteiger partial charge in [-0.15, -0.1) is 17.1 Å². The number of halogens is 1. The van der Waals surface area contributed by atoms with Gasteiger partial charge in [0, 0.05) is 44.2 Å². The highest BCUT2D eigenvalue weighted by molar-refractivity contribution is 7.59. The molecular weight excluding hydrogens is 299 g/mol. The lowest BCUT2D eigenvalue weighted by Crippen LogP contribution is -2.55. The minimum absolute atomic E-state index is 0. The Bertz CT molecular complexity index is 225. The van der Waals surface area contributed by atoms with E-state index >= 15 is 0 Å². The van der Waals surface area contributed by atoms with Crippen LogP contribution >= 0.6 is 20.4 Å². The average Bonchev–Trinajstić information content (AvgIpc) is 2.40. The third kappa shape index (κ3) is 5.35. The van der Waals surface area contributed by atoms with Gasteiger partial charge in [-0.1, -0.05) is 27.7 Å². The molecule has 0 rings (SSSR count). The predicted octanol–water partition coefficient (Wildman–Crippen LogP) is 2.23. The molecule has 2 N–H and O–H groups in total. The molecule has 8 heteroatoms. The fourth-order valence-corrected chi connectivity index (χ4v) is 4.36. The second-order valence-corrected chi connectivity index (χ2v) is 6.22. The maximum absolute atomic E-state index is 10.7. The van der Waals surface area contributed by atoms with Crippen LogP contribution in [0.25, 0.3) is 0 Å². The maximum Gasteiger partial charge on any atom is 0.461 e. The Labute approximate surface area is 131 Å². The Morgan fingerprint density at radius 2 is 0.950 bits per heavy atom. The molecule has 0 saturated heterocycles. The summed E-state index contributed by atoms with van der Waals surface area (Å²) in [6.07, 6.45) is 0. The summed E-state index contributed by atoms with van der Waals surface area (Å²) in [6.45, 7) is 16.3. The summed E-state index contributed by atoms with van der Waals surface area (Å²) >= 11 is 0. The Morgan fingerprint density at radius 1 is 0.650 bits per heavy atom. The second-order valence-electron chi connectivity index (χ2n) is 4.22. The summed E-state index contributed by atoms with van der Waals surface area (Å²) in [5.74, 6) is 0. The molecule has 0 fully saturated rings. The molecule has 0 aliphatic rings. The van der Waals surface area contributed by atoms with E-state index in [0.29, 0.717) is 13.1 Å². The summed E-state index contributed by atoms with van der Waals surface area (Å²) in [6, 6.07) is 0. The van der Waals surface area contributed by atoms with E-state index in [2.05, 4.69) is 0 Å². The first-order valence-corrected chi connectivity index (χ1v) is 8.94. The van der Waals surface area contributed by atoms with Crippen molar-refractivity contribution in [3.63, 3.8) is 0 Å². The summed E-state index contributed by atoms with van der Waals surface area (Å²) in [5.41, 5.74) is 0. The Kier molecular flexibility index (Phi) is 12.6. The van der Waals surface area contributed by atoms with Crippen LogP contribution in [0.1, 0.15) is 41.5 Å². The van der Waals surface area contributed by atoms with Crippen molar-refractivity contribution in [1.29, 1.82) is 0 Å². The molecule has 6 nitrogen and oxygen atoms in total. The smallest absolute Gasteiger partial charge is 0.189 e. The maximum atomic E-state index is 10.7. The Hall–Kier alpha value is 0.480. The van der Waals surface area contributed by atoms with Crippen LogP contribution in [-0.2, 0) is 0 Å². The molecule has 0 unspecified atom stereocenters. The fourth-order valence-electron chi connectivity index (χ4n) is 2.19. The van der Waals surface area contributed by atoms with E-state index in [1.165, 1.54) is 0 Å². The number of hydrogen-bond donors (Lipinski definition) is 2. The summed E-state index contributed by atoms with van der Waals surface area (Å²) < 4.78 is 1.74. The van der Waals surface area contributed by atoms with Gasteiger partial charge in [0.2, 0.25) is 0 Å². The van der Waals surface area contributed by atoms with Gasteiger partial charge in [-0.25, -0.2) is 0 Å². The van der Waals surface area contributed by atoms with Gasteiger partial charge in [0.05, 0.1) is 0 Å². The van der Waals surface area contributed by atoms with Crippen molar-refractivity contribution in [2.24, 2.45) is 0 Å². The number of hydrogen-bond acceptors (Lipinski definition) is 6. The molecule has 0 aromatic heterocycles. The summed E-state index contributed by atoms with van der Waals surface area (Å²) in [7, 11) is -3.32. The molecule has 0 aromatic carbocycles. The zero-order chi connectivity index (χ0) is 15.1. The first-order chi connectivity index (χ1) is 8.94. The molecule has 20 heavy (non-hydrogen) atoms. The van der Waals surface area contributed by atoms with Gasteiger partial charge in [-0.05, 0) is 13.8 Å². The first kappa shape index (κ1) is 22.8. The van der Waals surface area contributed by atoms with Gasteiger partial charge in [-0.2, -0.15) is 19.8 Å². The van der Waals surface area contributed by atoms with Crippen LogP contribution in [-0.4, -0.2) is 68.6 Å².